The van der Waals surface area contributed by atoms with Gasteiger partial charge in [-0.15, -0.1) is 0 Å². The van der Waals surface area contributed by atoms with E-state index in [-0.39, 0.29) is 24.8 Å². The van der Waals surface area contributed by atoms with Crippen molar-refractivity contribution in [2.24, 2.45) is 0 Å². The molecule has 2 aromatic carbocycles. The van der Waals surface area contributed by atoms with Crippen molar-refractivity contribution in [3.8, 4) is 5.75 Å². The van der Waals surface area contributed by atoms with Crippen LogP contribution in [0.3, 0.4) is 0 Å². The zero-order valence-electron chi connectivity index (χ0n) is 18.3. The number of halogens is 2. The van der Waals surface area contributed by atoms with Crippen molar-refractivity contribution in [1.29, 1.82) is 0 Å². The topological polar surface area (TPSA) is 58.6 Å². The Balaban J connectivity index is 2.32. The summed E-state index contributed by atoms with van der Waals surface area (Å²) in [4.78, 5) is 27.9. The first-order valence-electron chi connectivity index (χ1n) is 10.5. The minimum absolute atomic E-state index is 0.0151. The summed E-state index contributed by atoms with van der Waals surface area (Å²) in [5, 5.41) is 3.82. The zero-order chi connectivity index (χ0) is 22.8. The second kappa shape index (κ2) is 12.6. The second-order valence-electron chi connectivity index (χ2n) is 7.32. The summed E-state index contributed by atoms with van der Waals surface area (Å²) in [5.41, 5.74) is 1.44. The van der Waals surface area contributed by atoms with E-state index in [1.165, 1.54) is 0 Å². The quantitative estimate of drug-likeness (QED) is 0.460. The van der Waals surface area contributed by atoms with Crippen molar-refractivity contribution in [2.75, 3.05) is 13.7 Å². The van der Waals surface area contributed by atoms with Gasteiger partial charge in [-0.2, -0.15) is 0 Å². The average Bonchev–Trinajstić information content (AvgIpc) is 2.76. The minimum Gasteiger partial charge on any atom is -0.497 e. The number of unbranched alkanes of at least 4 members (excludes halogenated alkanes) is 1. The Morgan fingerprint density at radius 3 is 2.39 bits per heavy atom. The molecule has 0 unspecified atom stereocenters. The Morgan fingerprint density at radius 2 is 1.77 bits per heavy atom. The highest BCUT2D eigenvalue weighted by Crippen LogP contribution is 2.26. The molecule has 0 aliphatic rings. The van der Waals surface area contributed by atoms with E-state index in [0.717, 1.165) is 18.4 Å². The molecule has 0 saturated heterocycles. The molecule has 168 valence electrons. The van der Waals surface area contributed by atoms with E-state index < -0.39 is 6.04 Å². The van der Waals surface area contributed by atoms with Crippen LogP contribution in [0.4, 0.5) is 0 Å². The van der Waals surface area contributed by atoms with Crippen LogP contribution >= 0.6 is 23.2 Å². The summed E-state index contributed by atoms with van der Waals surface area (Å²) in [6.45, 7) is 4.83. The number of amides is 2. The lowest BCUT2D eigenvalue weighted by molar-refractivity contribution is -0.140. The van der Waals surface area contributed by atoms with Crippen LogP contribution in [0, 0.1) is 0 Å². The Hall–Kier alpha value is -2.24. The van der Waals surface area contributed by atoms with Gasteiger partial charge < -0.3 is 15.0 Å². The van der Waals surface area contributed by atoms with Crippen LogP contribution in [0.1, 0.15) is 44.2 Å². The maximum Gasteiger partial charge on any atom is 0.242 e. The lowest BCUT2D eigenvalue weighted by Gasteiger charge is -2.31. The molecule has 0 heterocycles. The smallest absolute Gasteiger partial charge is 0.242 e. The summed E-state index contributed by atoms with van der Waals surface area (Å²) in [7, 11) is 1.59. The fraction of sp³-hybridized carbons (Fsp3) is 0.417. The van der Waals surface area contributed by atoms with Crippen molar-refractivity contribution in [3.63, 3.8) is 0 Å². The fourth-order valence-corrected chi connectivity index (χ4v) is 3.88. The summed E-state index contributed by atoms with van der Waals surface area (Å²) < 4.78 is 5.31. The van der Waals surface area contributed by atoms with Crippen LogP contribution in [0.5, 0.6) is 5.75 Å². The van der Waals surface area contributed by atoms with E-state index in [2.05, 4.69) is 12.2 Å². The lowest BCUT2D eigenvalue weighted by Crippen LogP contribution is -2.49. The Bertz CT molecular complexity index is 869. The van der Waals surface area contributed by atoms with Gasteiger partial charge in [0.05, 0.1) is 13.5 Å². The maximum atomic E-state index is 13.4. The molecule has 0 radical (unpaired) electrons. The predicted molar refractivity (Wildman–Crippen MR) is 126 cm³/mol. The maximum absolute atomic E-state index is 13.4. The molecule has 0 bridgehead atoms. The number of nitrogens with one attached hydrogen (secondary N) is 1. The highest BCUT2D eigenvalue weighted by molar-refractivity contribution is 6.36. The molecule has 7 heteroatoms. The van der Waals surface area contributed by atoms with Gasteiger partial charge in [0.15, 0.2) is 0 Å². The van der Waals surface area contributed by atoms with Crippen LogP contribution in [0.15, 0.2) is 42.5 Å². The van der Waals surface area contributed by atoms with Crippen molar-refractivity contribution in [1.82, 2.24) is 10.2 Å². The minimum atomic E-state index is -0.600. The van der Waals surface area contributed by atoms with Gasteiger partial charge in [0.2, 0.25) is 11.8 Å². The Labute approximate surface area is 194 Å². The van der Waals surface area contributed by atoms with Crippen LogP contribution in [-0.2, 0) is 22.6 Å². The van der Waals surface area contributed by atoms with Gasteiger partial charge in [0, 0.05) is 23.1 Å². The number of carbonyl (C=O) groups is 2. The van der Waals surface area contributed by atoms with Gasteiger partial charge >= 0.3 is 0 Å². The number of carbonyl (C=O) groups excluding carboxylic acids is 2. The van der Waals surface area contributed by atoms with Gasteiger partial charge in [-0.3, -0.25) is 9.59 Å². The van der Waals surface area contributed by atoms with E-state index >= 15 is 0 Å². The molecule has 31 heavy (non-hydrogen) atoms. The average molecular weight is 465 g/mol. The summed E-state index contributed by atoms with van der Waals surface area (Å²) >= 11 is 12.6. The van der Waals surface area contributed by atoms with Crippen molar-refractivity contribution in [2.45, 2.75) is 52.1 Å². The third kappa shape index (κ3) is 7.15. The van der Waals surface area contributed by atoms with Gasteiger partial charge in [0.1, 0.15) is 11.8 Å². The number of hydrogen-bond acceptors (Lipinski definition) is 3. The summed E-state index contributed by atoms with van der Waals surface area (Å²) in [5.74, 6) is 0.326. The van der Waals surface area contributed by atoms with Crippen LogP contribution < -0.4 is 10.1 Å². The van der Waals surface area contributed by atoms with Crippen molar-refractivity contribution >= 4 is 35.0 Å². The molecule has 0 spiro atoms. The first kappa shape index (κ1) is 25.0. The van der Waals surface area contributed by atoms with E-state index in [4.69, 9.17) is 27.9 Å². The molecule has 2 amide bonds. The molecule has 5 nitrogen and oxygen atoms in total. The molecular formula is C24H30Cl2N2O3. The van der Waals surface area contributed by atoms with Crippen molar-refractivity contribution in [3.05, 3.63) is 63.6 Å². The predicted octanol–water partition coefficient (Wildman–Crippen LogP) is 5.27. The molecule has 1 atom stereocenters. The molecule has 0 aliphatic heterocycles. The first-order valence-corrected chi connectivity index (χ1v) is 11.3. The van der Waals surface area contributed by atoms with Crippen LogP contribution in [-0.4, -0.2) is 36.4 Å². The molecule has 1 N–H and O–H groups in total. The van der Waals surface area contributed by atoms with Gasteiger partial charge in [-0.1, -0.05) is 61.7 Å². The number of ether oxygens (including phenoxy) is 1. The summed E-state index contributed by atoms with van der Waals surface area (Å²) in [6.07, 6.45) is 2.38. The van der Waals surface area contributed by atoms with Crippen LogP contribution in [0.2, 0.25) is 10.0 Å². The summed E-state index contributed by atoms with van der Waals surface area (Å²) in [6, 6.07) is 12.0. The number of methoxy groups -OCH3 is 1. The monoisotopic (exact) mass is 464 g/mol. The molecule has 2 aromatic rings. The number of nitrogens with zero attached hydrogens (tertiary/aromatic N) is 1. The van der Waals surface area contributed by atoms with E-state index in [1.807, 2.05) is 31.2 Å². The van der Waals surface area contributed by atoms with E-state index in [9.17, 15) is 9.59 Å². The largest absolute Gasteiger partial charge is 0.497 e. The third-order valence-corrected chi connectivity index (χ3v) is 5.80. The van der Waals surface area contributed by atoms with E-state index in [1.54, 1.807) is 30.2 Å². The van der Waals surface area contributed by atoms with Gasteiger partial charge in [-0.05, 0) is 48.2 Å². The van der Waals surface area contributed by atoms with Gasteiger partial charge in [0.25, 0.3) is 0 Å². The fourth-order valence-electron chi connectivity index (χ4n) is 3.35. The third-order valence-electron chi connectivity index (χ3n) is 5.09. The highest BCUT2D eigenvalue weighted by Gasteiger charge is 2.29. The second-order valence-corrected chi connectivity index (χ2v) is 8.13. The van der Waals surface area contributed by atoms with Crippen molar-refractivity contribution < 1.29 is 14.3 Å². The highest BCUT2D eigenvalue weighted by atomic mass is 35.5. The molecule has 0 aromatic heterocycles. The number of benzene rings is 2. The first-order chi connectivity index (χ1) is 14.9. The molecule has 0 saturated carbocycles. The Morgan fingerprint density at radius 1 is 1.10 bits per heavy atom. The molecule has 2 rings (SSSR count). The SMILES string of the molecule is CCCCNC(=O)[C@H](CC)N(Cc1cccc(OC)c1)C(=O)Cc1c(Cl)cccc1Cl. The zero-order valence-corrected chi connectivity index (χ0v) is 19.8. The normalized spacial score (nSPS) is 11.6. The Kier molecular flexibility index (Phi) is 10.2. The molecule has 0 fully saturated rings. The standard InChI is InChI=1S/C24H30Cl2N2O3/c1-4-6-13-27-24(30)22(5-2)28(16-17-9-7-10-18(14-17)31-3)23(29)15-19-20(25)11-8-12-21(19)26/h7-12,14,22H,4-6,13,15-16H2,1-3H3,(H,27,30)/t22-/m0/s1. The lowest BCUT2D eigenvalue weighted by atomic mass is 10.1. The number of hydrogen-bond donors (Lipinski definition) is 1. The van der Waals surface area contributed by atoms with Crippen LogP contribution in [0.25, 0.3) is 0 Å². The van der Waals surface area contributed by atoms with E-state index in [0.29, 0.717) is 34.3 Å². The molecule has 0 aliphatic carbocycles. The number of rotatable bonds is 11. The van der Waals surface area contributed by atoms with Gasteiger partial charge in [-0.25, -0.2) is 0 Å². The molecular weight excluding hydrogens is 435 g/mol.